The number of carbonyl (C=O) groups is 1. The molecule has 0 aromatic carbocycles. The molecule has 0 aliphatic heterocycles. The standard InChI is InChI=1S/C6H3ClN2O3/c7-6(10)4-1-2-5(8-3-4)9(11)12/h1-3H. The molecule has 0 saturated heterocycles. The summed E-state index contributed by atoms with van der Waals surface area (Å²) in [5.41, 5.74) is 0.141. The number of nitro groups is 1. The molecule has 1 heterocycles. The zero-order valence-electron chi connectivity index (χ0n) is 5.73. The van der Waals surface area contributed by atoms with E-state index in [1.165, 1.54) is 6.07 Å². The lowest BCUT2D eigenvalue weighted by Crippen LogP contribution is -1.94. The summed E-state index contributed by atoms with van der Waals surface area (Å²) in [6.45, 7) is 0. The Kier molecular flexibility index (Phi) is 2.35. The van der Waals surface area contributed by atoms with E-state index in [0.29, 0.717) is 0 Å². The smallest absolute Gasteiger partial charge is 0.358 e. The van der Waals surface area contributed by atoms with Crippen LogP contribution in [0, 0.1) is 10.1 Å². The molecule has 0 spiro atoms. The number of pyridine rings is 1. The second kappa shape index (κ2) is 3.27. The molecule has 5 nitrogen and oxygen atoms in total. The molecule has 6 heteroatoms. The van der Waals surface area contributed by atoms with Gasteiger partial charge in [-0.05, 0) is 27.6 Å². The number of hydrogen-bond acceptors (Lipinski definition) is 4. The summed E-state index contributed by atoms with van der Waals surface area (Å²) in [5.74, 6) is -0.309. The Balaban J connectivity index is 3.01. The summed E-state index contributed by atoms with van der Waals surface area (Å²) in [6, 6.07) is 2.37. The van der Waals surface area contributed by atoms with Crippen molar-refractivity contribution < 1.29 is 9.72 Å². The van der Waals surface area contributed by atoms with Crippen molar-refractivity contribution in [2.75, 3.05) is 0 Å². The first kappa shape index (κ1) is 8.61. The summed E-state index contributed by atoms with van der Waals surface area (Å²) in [7, 11) is 0. The molecule has 1 rings (SSSR count). The lowest BCUT2D eigenvalue weighted by atomic mass is 10.3. The maximum Gasteiger partial charge on any atom is 0.363 e. The average molecular weight is 187 g/mol. The molecule has 0 N–H and O–H groups in total. The first-order valence-electron chi connectivity index (χ1n) is 2.91. The summed E-state index contributed by atoms with van der Waals surface area (Å²) < 4.78 is 0. The van der Waals surface area contributed by atoms with E-state index in [9.17, 15) is 14.9 Å². The van der Waals surface area contributed by atoms with E-state index in [2.05, 4.69) is 4.98 Å². The molecule has 62 valence electrons. The van der Waals surface area contributed by atoms with Crippen LogP contribution in [0.1, 0.15) is 10.4 Å². The molecule has 0 fully saturated rings. The molecule has 0 saturated carbocycles. The van der Waals surface area contributed by atoms with Crippen molar-refractivity contribution in [3.8, 4) is 0 Å². The number of hydrogen-bond donors (Lipinski definition) is 0. The normalized spacial score (nSPS) is 9.42. The van der Waals surface area contributed by atoms with E-state index >= 15 is 0 Å². The second-order valence-electron chi connectivity index (χ2n) is 1.94. The third kappa shape index (κ3) is 1.76. The Hall–Kier alpha value is -1.49. The van der Waals surface area contributed by atoms with Gasteiger partial charge in [-0.3, -0.25) is 4.79 Å². The van der Waals surface area contributed by atoms with Crippen LogP contribution in [0.4, 0.5) is 5.82 Å². The summed E-state index contributed by atoms with van der Waals surface area (Å²) in [6.07, 6.45) is 1.06. The number of aromatic nitrogens is 1. The fourth-order valence-electron chi connectivity index (χ4n) is 0.610. The predicted molar refractivity (Wildman–Crippen MR) is 41.1 cm³/mol. The zero-order valence-corrected chi connectivity index (χ0v) is 6.49. The van der Waals surface area contributed by atoms with Crippen molar-refractivity contribution in [2.24, 2.45) is 0 Å². The lowest BCUT2D eigenvalue weighted by Gasteiger charge is -1.90. The fourth-order valence-corrected chi connectivity index (χ4v) is 0.722. The predicted octanol–water partition coefficient (Wildman–Crippen LogP) is 1.37. The highest BCUT2D eigenvalue weighted by Gasteiger charge is 2.09. The Morgan fingerprint density at radius 3 is 2.58 bits per heavy atom. The van der Waals surface area contributed by atoms with Gasteiger partial charge in [-0.1, -0.05) is 0 Å². The number of rotatable bonds is 2. The maximum absolute atomic E-state index is 10.5. The molecule has 0 atom stereocenters. The van der Waals surface area contributed by atoms with Crippen molar-refractivity contribution >= 4 is 22.7 Å². The van der Waals surface area contributed by atoms with Crippen LogP contribution in [0.15, 0.2) is 18.3 Å². The van der Waals surface area contributed by atoms with Crippen molar-refractivity contribution in [3.63, 3.8) is 0 Å². The van der Waals surface area contributed by atoms with E-state index in [-0.39, 0.29) is 11.4 Å². The Bertz CT molecular complexity index is 289. The third-order valence-corrected chi connectivity index (χ3v) is 1.38. The number of halogens is 1. The second-order valence-corrected chi connectivity index (χ2v) is 2.28. The molecule has 1 aromatic rings. The molecule has 0 aliphatic carbocycles. The van der Waals surface area contributed by atoms with E-state index < -0.39 is 10.2 Å². The molecule has 1 aromatic heterocycles. The van der Waals surface area contributed by atoms with Crippen LogP contribution in [-0.4, -0.2) is 15.1 Å². The van der Waals surface area contributed by atoms with Gasteiger partial charge in [0.1, 0.15) is 0 Å². The first-order valence-corrected chi connectivity index (χ1v) is 3.29. The highest BCUT2D eigenvalue weighted by atomic mass is 35.5. The minimum atomic E-state index is -0.683. The third-order valence-electron chi connectivity index (χ3n) is 1.16. The number of nitrogens with zero attached hydrogens (tertiary/aromatic N) is 2. The van der Waals surface area contributed by atoms with Crippen molar-refractivity contribution in [1.82, 2.24) is 4.98 Å². The van der Waals surface area contributed by atoms with Gasteiger partial charge in [0, 0.05) is 6.07 Å². The minimum Gasteiger partial charge on any atom is -0.358 e. The molecule has 0 bridgehead atoms. The zero-order chi connectivity index (χ0) is 9.14. The van der Waals surface area contributed by atoms with Crippen LogP contribution in [0.25, 0.3) is 0 Å². The molecular formula is C6H3ClN2O3. The molecular weight excluding hydrogens is 184 g/mol. The summed E-state index contributed by atoms with van der Waals surface area (Å²) in [4.78, 5) is 23.3. The van der Waals surface area contributed by atoms with Gasteiger partial charge in [0.25, 0.3) is 5.24 Å². The van der Waals surface area contributed by atoms with Crippen LogP contribution in [0.3, 0.4) is 0 Å². The quantitative estimate of drug-likeness (QED) is 0.397. The van der Waals surface area contributed by atoms with Crippen LogP contribution in [0.2, 0.25) is 0 Å². The van der Waals surface area contributed by atoms with Gasteiger partial charge in [0.2, 0.25) is 0 Å². The van der Waals surface area contributed by atoms with E-state index in [4.69, 9.17) is 11.6 Å². The highest BCUT2D eigenvalue weighted by molar-refractivity contribution is 6.67. The first-order chi connectivity index (χ1) is 5.61. The maximum atomic E-state index is 10.5. The van der Waals surface area contributed by atoms with Gasteiger partial charge in [-0.15, -0.1) is 0 Å². The van der Waals surface area contributed by atoms with Crippen LogP contribution < -0.4 is 0 Å². The molecule has 0 unspecified atom stereocenters. The van der Waals surface area contributed by atoms with Gasteiger partial charge in [0.15, 0.2) is 6.20 Å². The van der Waals surface area contributed by atoms with Gasteiger partial charge < -0.3 is 10.1 Å². The van der Waals surface area contributed by atoms with E-state index in [1.54, 1.807) is 0 Å². The van der Waals surface area contributed by atoms with Gasteiger partial charge in [0.05, 0.1) is 5.56 Å². The summed E-state index contributed by atoms with van der Waals surface area (Å²) in [5, 5.41) is 9.42. The van der Waals surface area contributed by atoms with Crippen molar-refractivity contribution in [3.05, 3.63) is 34.0 Å². The van der Waals surface area contributed by atoms with Gasteiger partial charge in [-0.2, -0.15) is 0 Å². The van der Waals surface area contributed by atoms with Crippen molar-refractivity contribution in [1.29, 1.82) is 0 Å². The Morgan fingerprint density at radius 2 is 2.25 bits per heavy atom. The van der Waals surface area contributed by atoms with Crippen LogP contribution in [-0.2, 0) is 0 Å². The fraction of sp³-hybridized carbons (Fsp3) is 0. The van der Waals surface area contributed by atoms with Crippen LogP contribution >= 0.6 is 11.6 Å². The SMILES string of the molecule is O=C(Cl)c1ccc([N+](=O)[O-])nc1. The van der Waals surface area contributed by atoms with Gasteiger partial charge in [-0.25, -0.2) is 0 Å². The highest BCUT2D eigenvalue weighted by Crippen LogP contribution is 2.08. The van der Waals surface area contributed by atoms with E-state index in [1.807, 2.05) is 0 Å². The van der Waals surface area contributed by atoms with E-state index in [0.717, 1.165) is 12.3 Å². The molecule has 0 amide bonds. The van der Waals surface area contributed by atoms with Crippen molar-refractivity contribution in [2.45, 2.75) is 0 Å². The monoisotopic (exact) mass is 186 g/mol. The lowest BCUT2D eigenvalue weighted by molar-refractivity contribution is -0.389. The largest absolute Gasteiger partial charge is 0.363 e. The molecule has 12 heavy (non-hydrogen) atoms. The number of carbonyl (C=O) groups excluding carboxylic acids is 1. The minimum absolute atomic E-state index is 0.141. The molecule has 0 aliphatic rings. The van der Waals surface area contributed by atoms with Crippen LogP contribution in [0.5, 0.6) is 0 Å². The Labute approximate surface area is 72.1 Å². The Morgan fingerprint density at radius 1 is 1.58 bits per heavy atom. The van der Waals surface area contributed by atoms with Gasteiger partial charge >= 0.3 is 5.82 Å². The molecule has 0 radical (unpaired) electrons. The topological polar surface area (TPSA) is 73.1 Å². The summed E-state index contributed by atoms with van der Waals surface area (Å²) >= 11 is 5.09. The average Bonchev–Trinajstić information content (AvgIpc) is 2.04.